The van der Waals surface area contributed by atoms with Gasteiger partial charge in [-0.2, -0.15) is 0 Å². The third kappa shape index (κ3) is 3.64. The monoisotopic (exact) mass is 340 g/mol. The number of benzene rings is 1. The highest BCUT2D eigenvalue weighted by atomic mass is 16.5. The molecule has 1 aliphatic carbocycles. The van der Waals surface area contributed by atoms with Crippen LogP contribution >= 0.6 is 0 Å². The number of rotatable bonds is 6. The minimum absolute atomic E-state index is 0.0116. The molecule has 0 atom stereocenters. The molecule has 1 aromatic heterocycles. The van der Waals surface area contributed by atoms with Crippen molar-refractivity contribution in [3.8, 4) is 0 Å². The van der Waals surface area contributed by atoms with Crippen LogP contribution in [-0.4, -0.2) is 30.7 Å². The van der Waals surface area contributed by atoms with Gasteiger partial charge in [-0.3, -0.25) is 4.79 Å². The van der Waals surface area contributed by atoms with Crippen molar-refractivity contribution in [3.63, 3.8) is 0 Å². The minimum Gasteiger partial charge on any atom is -0.383 e. The van der Waals surface area contributed by atoms with Crippen LogP contribution < -0.4 is 5.32 Å². The maximum Gasteiger partial charge on any atom is 0.268 e. The topological polar surface area (TPSA) is 43.3 Å². The third-order valence-electron chi connectivity index (χ3n) is 5.24. The lowest BCUT2D eigenvalue weighted by atomic mass is 9.95. The Morgan fingerprint density at radius 2 is 1.96 bits per heavy atom. The average Bonchev–Trinajstić information content (AvgIpc) is 2.90. The van der Waals surface area contributed by atoms with Gasteiger partial charge < -0.3 is 14.6 Å². The fourth-order valence-electron chi connectivity index (χ4n) is 3.85. The van der Waals surface area contributed by atoms with E-state index in [1.807, 2.05) is 0 Å². The molecule has 0 spiro atoms. The third-order valence-corrected chi connectivity index (χ3v) is 5.24. The van der Waals surface area contributed by atoms with Gasteiger partial charge in [0.2, 0.25) is 0 Å². The Labute approximate surface area is 150 Å². The normalized spacial score (nSPS) is 13.6. The Hall–Kier alpha value is -2.07. The number of carbonyl (C=O) groups is 1. The zero-order valence-electron chi connectivity index (χ0n) is 15.5. The standard InChI is InChI=1S/C21H28N2O2/c1-15-8-4-5-9-17(15)14-23-19-11-7-6-10-18(19)16(2)20(23)21(24)22-12-13-25-3/h4-5,8-9H,6-7,10-14H2,1-3H3,(H,22,24). The maximum atomic E-state index is 12.9. The smallest absolute Gasteiger partial charge is 0.268 e. The minimum atomic E-state index is 0.0116. The van der Waals surface area contributed by atoms with Crippen LogP contribution in [0.2, 0.25) is 0 Å². The Balaban J connectivity index is 1.99. The number of amides is 1. The predicted octanol–water partition coefficient (Wildman–Crippen LogP) is 3.41. The van der Waals surface area contributed by atoms with Crippen molar-refractivity contribution < 1.29 is 9.53 Å². The van der Waals surface area contributed by atoms with Crippen molar-refractivity contribution in [2.75, 3.05) is 20.3 Å². The summed E-state index contributed by atoms with van der Waals surface area (Å²) in [4.78, 5) is 12.9. The summed E-state index contributed by atoms with van der Waals surface area (Å²) in [6.07, 6.45) is 4.57. The highest BCUT2D eigenvalue weighted by molar-refractivity contribution is 5.95. The summed E-state index contributed by atoms with van der Waals surface area (Å²) in [5, 5.41) is 3.01. The first kappa shape index (κ1) is 17.7. The molecule has 2 aromatic rings. The van der Waals surface area contributed by atoms with Gasteiger partial charge in [-0.25, -0.2) is 0 Å². The molecular formula is C21H28N2O2. The molecular weight excluding hydrogens is 312 g/mol. The maximum absolute atomic E-state index is 12.9. The van der Waals surface area contributed by atoms with E-state index in [1.165, 1.54) is 35.2 Å². The molecule has 1 aliphatic rings. The van der Waals surface area contributed by atoms with E-state index >= 15 is 0 Å². The van der Waals surface area contributed by atoms with Crippen molar-refractivity contribution in [3.05, 3.63) is 57.9 Å². The first-order valence-electron chi connectivity index (χ1n) is 9.16. The number of nitrogens with one attached hydrogen (secondary N) is 1. The van der Waals surface area contributed by atoms with Gasteiger partial charge in [-0.15, -0.1) is 0 Å². The lowest BCUT2D eigenvalue weighted by Gasteiger charge is -2.18. The molecule has 25 heavy (non-hydrogen) atoms. The Morgan fingerprint density at radius 3 is 2.72 bits per heavy atom. The van der Waals surface area contributed by atoms with Crippen LogP contribution in [0.5, 0.6) is 0 Å². The lowest BCUT2D eigenvalue weighted by molar-refractivity contribution is 0.0927. The number of fused-ring (bicyclic) bond motifs is 1. The van der Waals surface area contributed by atoms with Crippen LogP contribution in [0.15, 0.2) is 24.3 Å². The van der Waals surface area contributed by atoms with Crippen molar-refractivity contribution in [2.45, 2.75) is 46.1 Å². The number of methoxy groups -OCH3 is 1. The second-order valence-corrected chi connectivity index (χ2v) is 6.87. The van der Waals surface area contributed by atoms with Gasteiger partial charge >= 0.3 is 0 Å². The van der Waals surface area contributed by atoms with Gasteiger partial charge in [-0.05, 0) is 61.8 Å². The van der Waals surface area contributed by atoms with Crippen molar-refractivity contribution >= 4 is 5.91 Å². The van der Waals surface area contributed by atoms with E-state index in [0.29, 0.717) is 13.2 Å². The van der Waals surface area contributed by atoms with Crippen molar-refractivity contribution in [1.82, 2.24) is 9.88 Å². The van der Waals surface area contributed by atoms with Gasteiger partial charge in [0.25, 0.3) is 5.91 Å². The second-order valence-electron chi connectivity index (χ2n) is 6.87. The van der Waals surface area contributed by atoms with Gasteiger partial charge in [0.1, 0.15) is 5.69 Å². The molecule has 0 fully saturated rings. The summed E-state index contributed by atoms with van der Waals surface area (Å²) in [5.74, 6) is 0.0116. The molecule has 0 saturated carbocycles. The number of aromatic nitrogens is 1. The highest BCUT2D eigenvalue weighted by Crippen LogP contribution is 2.30. The van der Waals surface area contributed by atoms with Crippen LogP contribution in [0.3, 0.4) is 0 Å². The fourth-order valence-corrected chi connectivity index (χ4v) is 3.85. The molecule has 0 saturated heterocycles. The molecule has 1 N–H and O–H groups in total. The molecule has 0 unspecified atom stereocenters. The summed E-state index contributed by atoms with van der Waals surface area (Å²) >= 11 is 0. The van der Waals surface area contributed by atoms with Gasteiger partial charge in [0.15, 0.2) is 0 Å². The second kappa shape index (κ2) is 7.87. The number of carbonyl (C=O) groups excluding carboxylic acids is 1. The molecule has 0 bridgehead atoms. The van der Waals surface area contributed by atoms with E-state index in [9.17, 15) is 4.79 Å². The van der Waals surface area contributed by atoms with E-state index in [4.69, 9.17) is 4.74 Å². The molecule has 4 nitrogen and oxygen atoms in total. The summed E-state index contributed by atoms with van der Waals surface area (Å²) < 4.78 is 7.32. The Bertz CT molecular complexity index is 761. The lowest BCUT2D eigenvalue weighted by Crippen LogP contribution is -2.30. The molecule has 3 rings (SSSR count). The van der Waals surface area contributed by atoms with E-state index in [1.54, 1.807) is 7.11 Å². The Morgan fingerprint density at radius 1 is 1.20 bits per heavy atom. The highest BCUT2D eigenvalue weighted by Gasteiger charge is 2.26. The number of hydrogen-bond donors (Lipinski definition) is 1. The van der Waals surface area contributed by atoms with E-state index in [2.05, 4.69) is 48.0 Å². The first-order chi connectivity index (χ1) is 12.1. The summed E-state index contributed by atoms with van der Waals surface area (Å²) in [6.45, 7) is 6.06. The fraction of sp³-hybridized carbons (Fsp3) is 0.476. The average molecular weight is 340 g/mol. The molecule has 1 heterocycles. The number of aryl methyl sites for hydroxylation is 1. The zero-order valence-corrected chi connectivity index (χ0v) is 15.5. The van der Waals surface area contributed by atoms with Crippen LogP contribution in [0.4, 0.5) is 0 Å². The zero-order chi connectivity index (χ0) is 17.8. The molecule has 0 aliphatic heterocycles. The number of hydrogen-bond acceptors (Lipinski definition) is 2. The summed E-state index contributed by atoms with van der Waals surface area (Å²) in [5.41, 5.74) is 7.26. The molecule has 134 valence electrons. The first-order valence-corrected chi connectivity index (χ1v) is 9.16. The number of nitrogens with zero attached hydrogens (tertiary/aromatic N) is 1. The number of ether oxygens (including phenoxy) is 1. The largest absolute Gasteiger partial charge is 0.383 e. The predicted molar refractivity (Wildman–Crippen MR) is 100 cm³/mol. The van der Waals surface area contributed by atoms with Crippen LogP contribution in [-0.2, 0) is 24.1 Å². The summed E-state index contributed by atoms with van der Waals surface area (Å²) in [6, 6.07) is 8.43. The van der Waals surface area contributed by atoms with Crippen LogP contribution in [0, 0.1) is 13.8 Å². The van der Waals surface area contributed by atoms with Crippen LogP contribution in [0.25, 0.3) is 0 Å². The van der Waals surface area contributed by atoms with Gasteiger partial charge in [-0.1, -0.05) is 24.3 Å². The Kier molecular flexibility index (Phi) is 5.59. The van der Waals surface area contributed by atoms with Gasteiger partial charge in [0.05, 0.1) is 6.61 Å². The van der Waals surface area contributed by atoms with E-state index in [0.717, 1.165) is 30.6 Å². The summed E-state index contributed by atoms with van der Waals surface area (Å²) in [7, 11) is 1.65. The van der Waals surface area contributed by atoms with Crippen molar-refractivity contribution in [1.29, 1.82) is 0 Å². The van der Waals surface area contributed by atoms with Crippen molar-refractivity contribution in [2.24, 2.45) is 0 Å². The van der Waals surface area contributed by atoms with E-state index < -0.39 is 0 Å². The van der Waals surface area contributed by atoms with Gasteiger partial charge in [0, 0.05) is 25.9 Å². The van der Waals surface area contributed by atoms with Crippen LogP contribution in [0.1, 0.15) is 51.3 Å². The molecule has 4 heteroatoms. The molecule has 0 radical (unpaired) electrons. The molecule has 1 amide bonds. The quantitative estimate of drug-likeness (QED) is 0.819. The SMILES string of the molecule is COCCNC(=O)c1c(C)c2c(n1Cc1ccccc1C)CCCC2. The van der Waals surface area contributed by atoms with E-state index in [-0.39, 0.29) is 5.91 Å². The molecule has 1 aromatic carbocycles.